The van der Waals surface area contributed by atoms with E-state index in [1.165, 1.54) is 18.7 Å². The molecule has 0 aliphatic rings. The Bertz CT molecular complexity index is 1030. The topological polar surface area (TPSA) is 75.7 Å². The molecular weight excluding hydrogens is 400 g/mol. The van der Waals surface area contributed by atoms with Crippen LogP contribution in [0, 0.1) is 27.7 Å². The number of carbonyl (C=O) groups is 1. The van der Waals surface area contributed by atoms with E-state index < -0.39 is 10.0 Å². The van der Waals surface area contributed by atoms with E-state index >= 15 is 0 Å². The van der Waals surface area contributed by atoms with Crippen molar-refractivity contribution in [2.45, 2.75) is 52.5 Å². The van der Waals surface area contributed by atoms with Gasteiger partial charge in [-0.25, -0.2) is 8.42 Å². The van der Waals surface area contributed by atoms with Gasteiger partial charge in [0.15, 0.2) is 0 Å². The summed E-state index contributed by atoms with van der Waals surface area (Å²) < 4.78 is 32.3. The molecule has 0 unspecified atom stereocenters. The van der Waals surface area contributed by atoms with Gasteiger partial charge in [0.25, 0.3) is 0 Å². The Balaban J connectivity index is 2.11. The predicted molar refractivity (Wildman–Crippen MR) is 119 cm³/mol. The van der Waals surface area contributed by atoms with Crippen molar-refractivity contribution < 1.29 is 17.9 Å². The van der Waals surface area contributed by atoms with Crippen LogP contribution in [0.25, 0.3) is 0 Å². The summed E-state index contributed by atoms with van der Waals surface area (Å²) in [5, 5.41) is 2.91. The van der Waals surface area contributed by atoms with E-state index in [2.05, 4.69) is 24.4 Å². The number of ether oxygens (including phenoxy) is 1. The van der Waals surface area contributed by atoms with Gasteiger partial charge < -0.3 is 10.1 Å². The summed E-state index contributed by atoms with van der Waals surface area (Å²) in [5.41, 5.74) is 5.21. The molecule has 1 amide bonds. The molecule has 0 radical (unpaired) electrons. The molecule has 2 rings (SSSR count). The number of nitrogens with zero attached hydrogens (tertiary/aromatic N) is 1. The second kappa shape index (κ2) is 9.62. The average molecular weight is 433 g/mol. The second-order valence-electron chi connectivity index (χ2n) is 7.70. The first-order valence-corrected chi connectivity index (χ1v) is 11.5. The summed E-state index contributed by atoms with van der Waals surface area (Å²) in [6.07, 6.45) is 0. The van der Waals surface area contributed by atoms with Crippen LogP contribution in [0.4, 0.5) is 0 Å². The van der Waals surface area contributed by atoms with Crippen molar-refractivity contribution in [3.05, 3.63) is 58.1 Å². The van der Waals surface area contributed by atoms with Gasteiger partial charge in [-0.1, -0.05) is 12.1 Å². The zero-order chi connectivity index (χ0) is 22.6. The first-order valence-electron chi connectivity index (χ1n) is 10.0. The van der Waals surface area contributed by atoms with E-state index in [0.29, 0.717) is 12.4 Å². The van der Waals surface area contributed by atoms with Gasteiger partial charge >= 0.3 is 0 Å². The molecule has 2 aromatic carbocycles. The Morgan fingerprint density at radius 2 is 1.67 bits per heavy atom. The van der Waals surface area contributed by atoms with Crippen LogP contribution in [0.15, 0.2) is 35.2 Å². The monoisotopic (exact) mass is 432 g/mol. The van der Waals surface area contributed by atoms with Gasteiger partial charge in [-0.3, -0.25) is 4.79 Å². The van der Waals surface area contributed by atoms with Crippen LogP contribution in [-0.4, -0.2) is 38.8 Å². The fourth-order valence-corrected chi connectivity index (χ4v) is 4.59. The van der Waals surface area contributed by atoms with Crippen molar-refractivity contribution in [1.82, 2.24) is 9.62 Å². The standard InChI is InChI=1S/C23H32N2O4S/c1-8-29-22-10-9-20(12-18(22)5)30(27,28)25(7)14-23(26)24-19(6)21-13-16(3)15(2)11-17(21)4/h9-13,19H,8,14H2,1-7H3,(H,24,26)/t19-/m1/s1. The van der Waals surface area contributed by atoms with E-state index in [9.17, 15) is 13.2 Å². The number of sulfonamides is 1. The summed E-state index contributed by atoms with van der Waals surface area (Å²) in [5.74, 6) is 0.295. The van der Waals surface area contributed by atoms with Crippen LogP contribution in [-0.2, 0) is 14.8 Å². The van der Waals surface area contributed by atoms with Crippen LogP contribution >= 0.6 is 0 Å². The zero-order valence-corrected chi connectivity index (χ0v) is 19.7. The van der Waals surface area contributed by atoms with Crippen molar-refractivity contribution in [1.29, 1.82) is 0 Å². The molecule has 0 heterocycles. The maximum atomic E-state index is 12.9. The number of likely N-dealkylation sites (N-methyl/N-ethyl adjacent to an activating group) is 1. The summed E-state index contributed by atoms with van der Waals surface area (Å²) in [7, 11) is -2.38. The van der Waals surface area contributed by atoms with Crippen LogP contribution in [0.3, 0.4) is 0 Å². The van der Waals surface area contributed by atoms with Crippen molar-refractivity contribution in [2.75, 3.05) is 20.2 Å². The van der Waals surface area contributed by atoms with Gasteiger partial charge in [-0.05, 0) is 87.6 Å². The van der Waals surface area contributed by atoms with Crippen molar-refractivity contribution >= 4 is 15.9 Å². The number of amides is 1. The second-order valence-corrected chi connectivity index (χ2v) is 9.75. The maximum absolute atomic E-state index is 12.9. The number of aryl methyl sites for hydroxylation is 4. The summed E-state index contributed by atoms with van der Waals surface area (Å²) in [4.78, 5) is 12.7. The van der Waals surface area contributed by atoms with Crippen LogP contribution in [0.1, 0.15) is 47.7 Å². The molecule has 0 bridgehead atoms. The molecule has 164 valence electrons. The minimum absolute atomic E-state index is 0.136. The molecule has 0 spiro atoms. The highest BCUT2D eigenvalue weighted by atomic mass is 32.2. The molecule has 0 saturated carbocycles. The Hall–Kier alpha value is -2.38. The van der Waals surface area contributed by atoms with Crippen LogP contribution in [0.5, 0.6) is 5.75 Å². The Labute approximate surface area is 180 Å². The Morgan fingerprint density at radius 1 is 1.03 bits per heavy atom. The van der Waals surface area contributed by atoms with Crippen molar-refractivity contribution in [3.63, 3.8) is 0 Å². The van der Waals surface area contributed by atoms with Crippen molar-refractivity contribution in [3.8, 4) is 5.75 Å². The summed E-state index contributed by atoms with van der Waals surface area (Å²) in [6.45, 7) is 11.9. The molecule has 30 heavy (non-hydrogen) atoms. The Kier molecular flexibility index (Phi) is 7.66. The van der Waals surface area contributed by atoms with Gasteiger partial charge in [-0.15, -0.1) is 0 Å². The molecular formula is C23H32N2O4S. The van der Waals surface area contributed by atoms with Gasteiger partial charge in [0.1, 0.15) is 5.75 Å². The summed E-state index contributed by atoms with van der Waals surface area (Å²) >= 11 is 0. The SMILES string of the molecule is CCOc1ccc(S(=O)(=O)N(C)CC(=O)N[C@H](C)c2cc(C)c(C)cc2C)cc1C. The highest BCUT2D eigenvalue weighted by molar-refractivity contribution is 7.89. The normalized spacial score (nSPS) is 12.7. The highest BCUT2D eigenvalue weighted by Crippen LogP contribution is 2.24. The third-order valence-electron chi connectivity index (χ3n) is 5.25. The molecule has 0 aliphatic heterocycles. The van der Waals surface area contributed by atoms with Gasteiger partial charge in [0, 0.05) is 7.05 Å². The third kappa shape index (κ3) is 5.40. The average Bonchev–Trinajstić information content (AvgIpc) is 2.66. The molecule has 0 aliphatic carbocycles. The van der Waals surface area contributed by atoms with E-state index in [1.54, 1.807) is 19.1 Å². The minimum atomic E-state index is -3.79. The lowest BCUT2D eigenvalue weighted by Gasteiger charge is -2.21. The molecule has 1 atom stereocenters. The number of hydrogen-bond acceptors (Lipinski definition) is 4. The van der Waals surface area contributed by atoms with Gasteiger partial charge in [0.05, 0.1) is 24.1 Å². The molecule has 0 aromatic heterocycles. The lowest BCUT2D eigenvalue weighted by atomic mass is 9.96. The van der Waals surface area contributed by atoms with E-state index in [1.807, 2.05) is 27.7 Å². The first kappa shape index (κ1) is 23.9. The van der Waals surface area contributed by atoms with Crippen molar-refractivity contribution in [2.24, 2.45) is 0 Å². The number of carbonyl (C=O) groups excluding carboxylic acids is 1. The zero-order valence-electron chi connectivity index (χ0n) is 18.9. The smallest absolute Gasteiger partial charge is 0.243 e. The predicted octanol–water partition coefficient (Wildman–Crippen LogP) is 3.82. The lowest BCUT2D eigenvalue weighted by molar-refractivity contribution is -0.121. The number of nitrogens with one attached hydrogen (secondary N) is 1. The van der Waals surface area contributed by atoms with Crippen LogP contribution < -0.4 is 10.1 Å². The molecule has 7 heteroatoms. The largest absolute Gasteiger partial charge is 0.494 e. The highest BCUT2D eigenvalue weighted by Gasteiger charge is 2.24. The van der Waals surface area contributed by atoms with Crippen LogP contribution in [0.2, 0.25) is 0 Å². The molecule has 1 N–H and O–H groups in total. The fourth-order valence-electron chi connectivity index (χ4n) is 3.38. The maximum Gasteiger partial charge on any atom is 0.243 e. The number of benzene rings is 2. The number of rotatable bonds is 8. The molecule has 0 fully saturated rings. The number of hydrogen-bond donors (Lipinski definition) is 1. The van der Waals surface area contributed by atoms with E-state index in [0.717, 1.165) is 26.6 Å². The van der Waals surface area contributed by atoms with Gasteiger partial charge in [-0.2, -0.15) is 4.31 Å². The summed E-state index contributed by atoms with van der Waals surface area (Å²) in [6, 6.07) is 8.65. The minimum Gasteiger partial charge on any atom is -0.494 e. The molecule has 6 nitrogen and oxygen atoms in total. The fraction of sp³-hybridized carbons (Fsp3) is 0.435. The lowest BCUT2D eigenvalue weighted by Crippen LogP contribution is -2.39. The molecule has 2 aromatic rings. The van der Waals surface area contributed by atoms with E-state index in [-0.39, 0.29) is 23.4 Å². The van der Waals surface area contributed by atoms with Gasteiger partial charge in [0.2, 0.25) is 15.9 Å². The third-order valence-corrected chi connectivity index (χ3v) is 7.05. The molecule has 0 saturated heterocycles. The Morgan fingerprint density at radius 3 is 2.27 bits per heavy atom. The quantitative estimate of drug-likeness (QED) is 0.688. The first-order chi connectivity index (χ1) is 14.0. The van der Waals surface area contributed by atoms with E-state index in [4.69, 9.17) is 4.74 Å².